The molecule has 2 aromatic rings. The molecule has 2 aromatic carbocycles. The number of nitrogens with zero attached hydrogens (tertiary/aromatic N) is 1. The molecule has 0 saturated carbocycles. The van der Waals surface area contributed by atoms with Crippen molar-refractivity contribution >= 4 is 17.8 Å². The molecule has 4 rings (SSSR count). The molecule has 1 aliphatic heterocycles. The number of fused-ring (bicyclic) bond motifs is 2. The average Bonchev–Trinajstić information content (AvgIpc) is 3.30. The molecule has 30 heavy (non-hydrogen) atoms. The standard InChI is InChI=1S/C24H26N2O4/c1-24(23(29)30-2,26-21(27)18-10-5-6-11-19(18)22(26)28)14-7-15-25-20-13-12-16-8-3-4-9-17(16)20/h3-6,8-11,20,25H,7,12-15H2,1-2H3. The Kier molecular flexibility index (Phi) is 5.43. The molecule has 1 aliphatic carbocycles. The molecule has 0 saturated heterocycles. The summed E-state index contributed by atoms with van der Waals surface area (Å²) in [5, 5.41) is 3.56. The van der Waals surface area contributed by atoms with Crippen LogP contribution in [0.1, 0.15) is 64.1 Å². The van der Waals surface area contributed by atoms with Crippen molar-refractivity contribution in [3.63, 3.8) is 0 Å². The van der Waals surface area contributed by atoms with Crippen LogP contribution in [-0.4, -0.2) is 41.9 Å². The van der Waals surface area contributed by atoms with E-state index >= 15 is 0 Å². The first-order valence-corrected chi connectivity index (χ1v) is 10.3. The molecule has 2 aliphatic rings. The molecule has 1 heterocycles. The summed E-state index contributed by atoms with van der Waals surface area (Å²) in [5.41, 5.74) is 2.02. The second-order valence-electron chi connectivity index (χ2n) is 8.10. The highest BCUT2D eigenvalue weighted by molar-refractivity contribution is 6.23. The Morgan fingerprint density at radius 2 is 1.73 bits per heavy atom. The Morgan fingerprint density at radius 1 is 1.10 bits per heavy atom. The van der Waals surface area contributed by atoms with Crippen LogP contribution in [0, 0.1) is 0 Å². The van der Waals surface area contributed by atoms with E-state index in [0.717, 1.165) is 17.7 Å². The van der Waals surface area contributed by atoms with Gasteiger partial charge >= 0.3 is 5.97 Å². The first-order chi connectivity index (χ1) is 14.5. The van der Waals surface area contributed by atoms with Crippen molar-refractivity contribution in [2.45, 2.75) is 44.2 Å². The zero-order valence-electron chi connectivity index (χ0n) is 17.3. The summed E-state index contributed by atoms with van der Waals surface area (Å²) in [6.07, 6.45) is 3.05. The molecule has 0 bridgehead atoms. The van der Waals surface area contributed by atoms with Gasteiger partial charge in [-0.25, -0.2) is 4.79 Å². The maximum absolute atomic E-state index is 12.9. The van der Waals surface area contributed by atoms with Crippen LogP contribution in [0.25, 0.3) is 0 Å². The van der Waals surface area contributed by atoms with Crippen LogP contribution in [-0.2, 0) is 16.0 Å². The molecular formula is C24H26N2O4. The number of nitrogens with one attached hydrogen (secondary N) is 1. The van der Waals surface area contributed by atoms with Gasteiger partial charge in [-0.05, 0) is 62.4 Å². The quantitative estimate of drug-likeness (QED) is 0.434. The molecule has 0 aromatic heterocycles. The van der Waals surface area contributed by atoms with E-state index in [-0.39, 0.29) is 0 Å². The summed E-state index contributed by atoms with van der Waals surface area (Å²) < 4.78 is 4.99. The lowest BCUT2D eigenvalue weighted by Crippen LogP contribution is -2.55. The van der Waals surface area contributed by atoms with Crippen LogP contribution in [0.4, 0.5) is 0 Å². The lowest BCUT2D eigenvalue weighted by molar-refractivity contribution is -0.151. The summed E-state index contributed by atoms with van der Waals surface area (Å²) in [5.74, 6) is -1.47. The number of esters is 1. The van der Waals surface area contributed by atoms with Gasteiger partial charge in [0.15, 0.2) is 0 Å². The molecule has 2 amide bonds. The largest absolute Gasteiger partial charge is 0.467 e. The van der Waals surface area contributed by atoms with Crippen LogP contribution in [0.3, 0.4) is 0 Å². The van der Waals surface area contributed by atoms with E-state index in [4.69, 9.17) is 4.74 Å². The summed E-state index contributed by atoms with van der Waals surface area (Å²) >= 11 is 0. The zero-order chi connectivity index (χ0) is 21.3. The maximum atomic E-state index is 12.9. The van der Waals surface area contributed by atoms with Crippen molar-refractivity contribution < 1.29 is 19.1 Å². The predicted octanol–water partition coefficient (Wildman–Crippen LogP) is 3.27. The van der Waals surface area contributed by atoms with Gasteiger partial charge in [0, 0.05) is 6.04 Å². The van der Waals surface area contributed by atoms with E-state index in [2.05, 4.69) is 29.6 Å². The average molecular weight is 406 g/mol. The molecule has 156 valence electrons. The minimum absolute atomic E-state index is 0.296. The van der Waals surface area contributed by atoms with Crippen molar-refractivity contribution in [1.82, 2.24) is 10.2 Å². The summed E-state index contributed by atoms with van der Waals surface area (Å²) in [4.78, 5) is 39.6. The monoisotopic (exact) mass is 406 g/mol. The van der Waals surface area contributed by atoms with Crippen LogP contribution in [0.5, 0.6) is 0 Å². The highest BCUT2D eigenvalue weighted by atomic mass is 16.5. The number of hydrogen-bond acceptors (Lipinski definition) is 5. The fourth-order valence-corrected chi connectivity index (χ4v) is 4.64. The number of imide groups is 1. The van der Waals surface area contributed by atoms with E-state index in [0.29, 0.717) is 36.6 Å². The highest BCUT2D eigenvalue weighted by Crippen LogP contribution is 2.34. The molecule has 0 spiro atoms. The second kappa shape index (κ2) is 8.03. The van der Waals surface area contributed by atoms with E-state index in [1.807, 2.05) is 0 Å². The number of hydrogen-bond donors (Lipinski definition) is 1. The van der Waals surface area contributed by atoms with Gasteiger partial charge in [0.05, 0.1) is 18.2 Å². The Hall–Kier alpha value is -2.99. The van der Waals surface area contributed by atoms with Crippen molar-refractivity contribution in [3.05, 3.63) is 70.8 Å². The van der Waals surface area contributed by atoms with Gasteiger partial charge in [-0.15, -0.1) is 0 Å². The van der Waals surface area contributed by atoms with Gasteiger partial charge in [-0.2, -0.15) is 0 Å². The Labute approximate surface area is 176 Å². The molecule has 0 radical (unpaired) electrons. The van der Waals surface area contributed by atoms with E-state index in [1.165, 1.54) is 18.2 Å². The SMILES string of the molecule is COC(=O)C(C)(CCCNC1CCc2ccccc21)N1C(=O)c2ccccc2C1=O. The van der Waals surface area contributed by atoms with Crippen LogP contribution in [0.2, 0.25) is 0 Å². The predicted molar refractivity (Wildman–Crippen MR) is 112 cm³/mol. The minimum atomic E-state index is -1.35. The minimum Gasteiger partial charge on any atom is -0.467 e. The fourth-order valence-electron chi connectivity index (χ4n) is 4.64. The van der Waals surface area contributed by atoms with E-state index < -0.39 is 23.3 Å². The van der Waals surface area contributed by atoms with Crippen molar-refractivity contribution in [3.8, 4) is 0 Å². The Balaban J connectivity index is 1.45. The topological polar surface area (TPSA) is 75.7 Å². The van der Waals surface area contributed by atoms with Crippen LogP contribution in [0.15, 0.2) is 48.5 Å². The zero-order valence-corrected chi connectivity index (χ0v) is 17.3. The third-order valence-corrected chi connectivity index (χ3v) is 6.28. The number of carbonyl (C=O) groups excluding carboxylic acids is 3. The molecule has 6 nitrogen and oxygen atoms in total. The normalized spacial score (nSPS) is 19.4. The van der Waals surface area contributed by atoms with Gasteiger partial charge in [0.25, 0.3) is 11.8 Å². The van der Waals surface area contributed by atoms with Gasteiger partial charge in [0.2, 0.25) is 0 Å². The number of amides is 2. The first-order valence-electron chi connectivity index (χ1n) is 10.3. The van der Waals surface area contributed by atoms with Crippen LogP contribution >= 0.6 is 0 Å². The highest BCUT2D eigenvalue weighted by Gasteiger charge is 2.51. The summed E-state index contributed by atoms with van der Waals surface area (Å²) in [7, 11) is 1.28. The van der Waals surface area contributed by atoms with Crippen molar-refractivity contribution in [1.29, 1.82) is 0 Å². The maximum Gasteiger partial charge on any atom is 0.332 e. The Bertz CT molecular complexity index is 967. The lowest BCUT2D eigenvalue weighted by atomic mass is 9.93. The van der Waals surface area contributed by atoms with E-state index in [1.54, 1.807) is 31.2 Å². The number of benzene rings is 2. The summed E-state index contributed by atoms with van der Waals surface area (Å²) in [6, 6.07) is 15.4. The number of aryl methyl sites for hydroxylation is 1. The second-order valence-corrected chi connectivity index (χ2v) is 8.10. The molecule has 6 heteroatoms. The fraction of sp³-hybridized carbons (Fsp3) is 0.375. The molecule has 2 unspecified atom stereocenters. The smallest absolute Gasteiger partial charge is 0.332 e. The molecule has 1 N–H and O–H groups in total. The van der Waals surface area contributed by atoms with E-state index in [9.17, 15) is 14.4 Å². The molecule has 2 atom stereocenters. The molecule has 0 fully saturated rings. The lowest BCUT2D eigenvalue weighted by Gasteiger charge is -2.34. The molecular weight excluding hydrogens is 380 g/mol. The van der Waals surface area contributed by atoms with Crippen LogP contribution < -0.4 is 5.32 Å². The van der Waals surface area contributed by atoms with Gasteiger partial charge in [-0.3, -0.25) is 14.5 Å². The number of ether oxygens (including phenoxy) is 1. The van der Waals surface area contributed by atoms with Crippen molar-refractivity contribution in [2.75, 3.05) is 13.7 Å². The third-order valence-electron chi connectivity index (χ3n) is 6.28. The first kappa shape index (κ1) is 20.3. The summed E-state index contributed by atoms with van der Waals surface area (Å²) in [6.45, 7) is 2.29. The van der Waals surface area contributed by atoms with Gasteiger partial charge in [-0.1, -0.05) is 36.4 Å². The number of carbonyl (C=O) groups is 3. The van der Waals surface area contributed by atoms with Crippen molar-refractivity contribution in [2.24, 2.45) is 0 Å². The third kappa shape index (κ3) is 3.31. The Morgan fingerprint density at radius 3 is 2.40 bits per heavy atom. The van der Waals surface area contributed by atoms with Gasteiger partial charge < -0.3 is 10.1 Å². The number of methoxy groups -OCH3 is 1. The number of rotatable bonds is 7. The van der Waals surface area contributed by atoms with Gasteiger partial charge in [0.1, 0.15) is 5.54 Å².